The van der Waals surface area contributed by atoms with Gasteiger partial charge in [-0.3, -0.25) is 19.5 Å². The Balaban J connectivity index is 2.19. The lowest BCUT2D eigenvalue weighted by Crippen LogP contribution is -2.32. The van der Waals surface area contributed by atoms with Gasteiger partial charge in [-0.15, -0.1) is 0 Å². The number of aliphatic hydroxyl groups is 1. The molecule has 2 atom stereocenters. The molecule has 0 fully saturated rings. The maximum absolute atomic E-state index is 12.1. The Hall–Kier alpha value is -2.67. The first kappa shape index (κ1) is 14.3. The van der Waals surface area contributed by atoms with Crippen LogP contribution in [0.5, 0.6) is 5.75 Å². The average Bonchev–Trinajstić information content (AvgIpc) is 2.66. The van der Waals surface area contributed by atoms with E-state index in [2.05, 4.69) is 0 Å². The molecule has 1 aliphatic heterocycles. The van der Waals surface area contributed by atoms with Crippen LogP contribution < -0.4 is 10.3 Å². The lowest BCUT2D eigenvalue weighted by molar-refractivity contribution is -0.385. The zero-order valence-electron chi connectivity index (χ0n) is 11.6. The monoisotopic (exact) mass is 302 g/mol. The van der Waals surface area contributed by atoms with E-state index in [-0.39, 0.29) is 5.69 Å². The third-order valence-electron chi connectivity index (χ3n) is 3.71. The van der Waals surface area contributed by atoms with Crippen LogP contribution in [0.15, 0.2) is 47.4 Å². The molecular weight excluding hydrogens is 288 g/mol. The minimum Gasteiger partial charge on any atom is -0.493 e. The Morgan fingerprint density at radius 3 is 2.82 bits per heavy atom. The molecule has 7 heteroatoms. The molecule has 0 spiro atoms. The summed E-state index contributed by atoms with van der Waals surface area (Å²) in [6, 6.07) is 8.65. The number of hydrogen-bond donors (Lipinski definition) is 1. The molecule has 22 heavy (non-hydrogen) atoms. The van der Waals surface area contributed by atoms with Crippen molar-refractivity contribution in [1.82, 2.24) is 4.57 Å². The number of ether oxygens (including phenoxy) is 1. The fourth-order valence-electron chi connectivity index (χ4n) is 2.66. The van der Waals surface area contributed by atoms with Crippen molar-refractivity contribution < 1.29 is 14.8 Å². The molecule has 0 unspecified atom stereocenters. The number of benzene rings is 1. The van der Waals surface area contributed by atoms with Crippen molar-refractivity contribution in [2.75, 3.05) is 6.61 Å². The summed E-state index contributed by atoms with van der Waals surface area (Å²) in [7, 11) is 0. The van der Waals surface area contributed by atoms with Gasteiger partial charge in [0.05, 0.1) is 29.9 Å². The zero-order valence-corrected chi connectivity index (χ0v) is 11.6. The topological polar surface area (TPSA) is 94.6 Å². The second-order valence-corrected chi connectivity index (χ2v) is 5.08. The van der Waals surface area contributed by atoms with E-state index < -0.39 is 22.6 Å². The molecule has 0 bridgehead atoms. The van der Waals surface area contributed by atoms with Crippen molar-refractivity contribution in [3.8, 4) is 5.75 Å². The summed E-state index contributed by atoms with van der Waals surface area (Å²) in [4.78, 5) is 22.5. The SMILES string of the molecule is O=c1ccc([N+](=O)[O-])cn1[C@@H]1c2ccccc2OCC[C@H]1O. The number of pyridine rings is 1. The van der Waals surface area contributed by atoms with Crippen LogP contribution in [-0.2, 0) is 0 Å². The fourth-order valence-corrected chi connectivity index (χ4v) is 2.66. The summed E-state index contributed by atoms with van der Waals surface area (Å²) in [6.45, 7) is 0.318. The Kier molecular flexibility index (Phi) is 3.64. The molecule has 2 heterocycles. The van der Waals surface area contributed by atoms with Crippen molar-refractivity contribution in [2.45, 2.75) is 18.6 Å². The third kappa shape index (κ3) is 2.46. The Morgan fingerprint density at radius 2 is 2.05 bits per heavy atom. The first-order chi connectivity index (χ1) is 10.6. The first-order valence-electron chi connectivity index (χ1n) is 6.84. The van der Waals surface area contributed by atoms with Crippen LogP contribution in [0.2, 0.25) is 0 Å². The standard InChI is InChI=1S/C15H14N2O5/c18-12-7-8-22-13-4-2-1-3-11(13)15(12)16-9-10(17(20)21)5-6-14(16)19/h1-6,9,12,15,18H,7-8H2/t12-,15-/m1/s1. The molecule has 1 aromatic heterocycles. The zero-order chi connectivity index (χ0) is 15.7. The van der Waals surface area contributed by atoms with Crippen LogP contribution in [0.3, 0.4) is 0 Å². The van der Waals surface area contributed by atoms with Crippen LogP contribution in [0.1, 0.15) is 18.0 Å². The molecule has 2 aromatic rings. The number of nitrogens with zero attached hydrogens (tertiary/aromatic N) is 2. The normalized spacial score (nSPS) is 20.6. The summed E-state index contributed by atoms with van der Waals surface area (Å²) in [5, 5.41) is 21.3. The number of rotatable bonds is 2. The van der Waals surface area contributed by atoms with Gasteiger partial charge in [0.1, 0.15) is 5.75 Å². The minimum atomic E-state index is -0.872. The third-order valence-corrected chi connectivity index (χ3v) is 3.71. The quantitative estimate of drug-likeness (QED) is 0.670. The van der Waals surface area contributed by atoms with E-state index in [0.717, 1.165) is 12.1 Å². The van der Waals surface area contributed by atoms with Crippen molar-refractivity contribution in [2.24, 2.45) is 0 Å². The van der Waals surface area contributed by atoms with Crippen molar-refractivity contribution in [3.63, 3.8) is 0 Å². The largest absolute Gasteiger partial charge is 0.493 e. The number of fused-ring (bicyclic) bond motifs is 1. The summed E-state index contributed by atoms with van der Waals surface area (Å²) < 4.78 is 6.78. The van der Waals surface area contributed by atoms with Crippen LogP contribution >= 0.6 is 0 Å². The van der Waals surface area contributed by atoms with Crippen molar-refractivity contribution >= 4 is 5.69 Å². The predicted octanol–water partition coefficient (Wildman–Crippen LogP) is 1.49. The highest BCUT2D eigenvalue weighted by molar-refractivity contribution is 5.39. The van der Waals surface area contributed by atoms with Crippen LogP contribution in [0.4, 0.5) is 5.69 Å². The van der Waals surface area contributed by atoms with Gasteiger partial charge in [-0.05, 0) is 6.07 Å². The van der Waals surface area contributed by atoms with E-state index in [0.29, 0.717) is 24.3 Å². The fraction of sp³-hybridized carbons (Fsp3) is 0.267. The maximum atomic E-state index is 12.1. The van der Waals surface area contributed by atoms with Gasteiger partial charge in [0, 0.05) is 24.1 Å². The highest BCUT2D eigenvalue weighted by Gasteiger charge is 2.30. The molecule has 1 N–H and O–H groups in total. The van der Waals surface area contributed by atoms with Gasteiger partial charge in [-0.1, -0.05) is 18.2 Å². The average molecular weight is 302 g/mol. The smallest absolute Gasteiger partial charge is 0.285 e. The van der Waals surface area contributed by atoms with Crippen molar-refractivity contribution in [3.05, 3.63) is 68.6 Å². The number of para-hydroxylation sites is 1. The predicted molar refractivity (Wildman–Crippen MR) is 78.1 cm³/mol. The maximum Gasteiger partial charge on any atom is 0.285 e. The van der Waals surface area contributed by atoms with E-state index in [9.17, 15) is 20.0 Å². The number of aliphatic hydroxyl groups excluding tert-OH is 1. The summed E-state index contributed by atoms with van der Waals surface area (Å²) in [6.07, 6.45) is 0.621. The lowest BCUT2D eigenvalue weighted by atomic mass is 9.99. The first-order valence-corrected chi connectivity index (χ1v) is 6.84. The highest BCUT2D eigenvalue weighted by Crippen LogP contribution is 2.34. The van der Waals surface area contributed by atoms with Crippen LogP contribution in [-0.4, -0.2) is 27.3 Å². The second kappa shape index (κ2) is 5.61. The van der Waals surface area contributed by atoms with Gasteiger partial charge in [-0.25, -0.2) is 0 Å². The van der Waals surface area contributed by atoms with Crippen LogP contribution in [0.25, 0.3) is 0 Å². The molecule has 1 aromatic carbocycles. The molecule has 0 amide bonds. The number of hydrogen-bond acceptors (Lipinski definition) is 5. The molecule has 0 saturated heterocycles. The molecule has 0 radical (unpaired) electrons. The minimum absolute atomic E-state index is 0.200. The molecule has 7 nitrogen and oxygen atoms in total. The van der Waals surface area contributed by atoms with E-state index in [1.807, 2.05) is 0 Å². The second-order valence-electron chi connectivity index (χ2n) is 5.08. The van der Waals surface area contributed by atoms with E-state index in [1.54, 1.807) is 24.3 Å². The van der Waals surface area contributed by atoms with E-state index in [1.165, 1.54) is 10.8 Å². The van der Waals surface area contributed by atoms with E-state index in [4.69, 9.17) is 4.74 Å². The molecule has 3 rings (SSSR count). The molecular formula is C15H14N2O5. The lowest BCUT2D eigenvalue weighted by Gasteiger charge is -2.23. The molecule has 1 aliphatic rings. The summed E-state index contributed by atoms with van der Waals surface area (Å²) in [5.74, 6) is 0.572. The van der Waals surface area contributed by atoms with Gasteiger partial charge in [-0.2, -0.15) is 0 Å². The number of nitro groups is 1. The molecule has 0 aliphatic carbocycles. The van der Waals surface area contributed by atoms with Gasteiger partial charge in [0.2, 0.25) is 0 Å². The van der Waals surface area contributed by atoms with Gasteiger partial charge < -0.3 is 9.84 Å². The Morgan fingerprint density at radius 1 is 1.27 bits per heavy atom. The summed E-state index contributed by atoms with van der Waals surface area (Å²) >= 11 is 0. The summed E-state index contributed by atoms with van der Waals surface area (Å²) in [5.41, 5.74) is 0.0240. The van der Waals surface area contributed by atoms with E-state index >= 15 is 0 Å². The van der Waals surface area contributed by atoms with Gasteiger partial charge >= 0.3 is 0 Å². The molecule has 114 valence electrons. The Labute approximate surface area is 125 Å². The van der Waals surface area contributed by atoms with Gasteiger partial charge in [0.25, 0.3) is 11.2 Å². The Bertz CT molecular complexity index is 771. The molecule has 0 saturated carbocycles. The highest BCUT2D eigenvalue weighted by atomic mass is 16.6. The van der Waals surface area contributed by atoms with Gasteiger partial charge in [0.15, 0.2) is 0 Å². The number of aromatic nitrogens is 1. The van der Waals surface area contributed by atoms with Crippen LogP contribution in [0, 0.1) is 10.1 Å². The van der Waals surface area contributed by atoms with Crippen molar-refractivity contribution in [1.29, 1.82) is 0 Å².